The number of aliphatic hydroxyl groups is 1. The molecule has 3 aliphatic carbocycles. The molecule has 1 saturated carbocycles. The molecule has 1 aliphatic heterocycles. The van der Waals surface area contributed by atoms with E-state index in [0.29, 0.717) is 49.8 Å². The van der Waals surface area contributed by atoms with Crippen LogP contribution in [0.15, 0.2) is 35.5 Å². The number of phenolic OH excluding ortho intramolecular Hbond substituents is 2. The molecule has 4 N–H and O–H groups in total. The van der Waals surface area contributed by atoms with Crippen LogP contribution in [0, 0.1) is 17.8 Å². The zero-order valence-electron chi connectivity index (χ0n) is 24.7. The summed E-state index contributed by atoms with van der Waals surface area (Å²) >= 11 is 0. The van der Waals surface area contributed by atoms with E-state index in [9.17, 15) is 39.3 Å². The van der Waals surface area contributed by atoms with E-state index in [1.807, 2.05) is 0 Å². The number of rotatable bonds is 7. The van der Waals surface area contributed by atoms with Crippen LogP contribution in [0.2, 0.25) is 0 Å². The number of benzene rings is 2. The third kappa shape index (κ3) is 5.18. The Morgan fingerprint density at radius 2 is 1.58 bits per heavy atom. The van der Waals surface area contributed by atoms with Crippen LogP contribution in [0.1, 0.15) is 75.1 Å². The summed E-state index contributed by atoms with van der Waals surface area (Å²) in [6, 6.07) is 4.59. The summed E-state index contributed by atoms with van der Waals surface area (Å²) in [4.78, 5) is 64.9. The summed E-state index contributed by atoms with van der Waals surface area (Å²) in [6.45, 7) is -0.123. The van der Waals surface area contributed by atoms with Crippen LogP contribution < -0.4 is 10.2 Å². The van der Waals surface area contributed by atoms with Gasteiger partial charge in [0.15, 0.2) is 5.78 Å². The fourth-order valence-corrected chi connectivity index (χ4v) is 7.04. The number of imide groups is 1. The predicted octanol–water partition coefficient (Wildman–Crippen LogP) is 2.18. The number of carbonyl (C=O) groups is 5. The summed E-state index contributed by atoms with van der Waals surface area (Å²) in [5.41, 5.74) is 3.10. The molecular formula is C33H33N3O9. The third-order valence-electron chi connectivity index (χ3n) is 9.53. The molecule has 2 aromatic carbocycles. The number of fused-ring (bicyclic) bond motifs is 3. The number of hydrogen-bond acceptors (Lipinski definition) is 10. The van der Waals surface area contributed by atoms with E-state index in [4.69, 9.17) is 4.74 Å². The number of hydrazone groups is 1. The van der Waals surface area contributed by atoms with Crippen molar-refractivity contribution in [3.05, 3.63) is 63.7 Å². The van der Waals surface area contributed by atoms with Crippen molar-refractivity contribution in [3.63, 3.8) is 0 Å². The van der Waals surface area contributed by atoms with Gasteiger partial charge in [-0.15, -0.1) is 0 Å². The Morgan fingerprint density at radius 1 is 0.911 bits per heavy atom. The third-order valence-corrected chi connectivity index (χ3v) is 9.53. The zero-order valence-corrected chi connectivity index (χ0v) is 24.7. The van der Waals surface area contributed by atoms with Crippen LogP contribution in [-0.2, 0) is 27.2 Å². The summed E-state index contributed by atoms with van der Waals surface area (Å²) < 4.78 is 5.29. The minimum Gasteiger partial charge on any atom is -0.507 e. The van der Waals surface area contributed by atoms with Crippen LogP contribution in [-0.4, -0.2) is 75.5 Å². The number of ketones is 2. The van der Waals surface area contributed by atoms with Gasteiger partial charge in [0, 0.05) is 47.2 Å². The molecule has 12 heteroatoms. The van der Waals surface area contributed by atoms with E-state index in [1.54, 1.807) is 12.1 Å². The number of hydrogen-bond donors (Lipinski definition) is 4. The normalized spacial score (nSPS) is 22.7. The second kappa shape index (κ2) is 11.9. The molecule has 3 amide bonds. The lowest BCUT2D eigenvalue weighted by Gasteiger charge is -2.30. The number of ether oxygens (including phenoxy) is 1. The molecule has 1 atom stereocenters. The van der Waals surface area contributed by atoms with Crippen LogP contribution in [0.5, 0.6) is 17.2 Å². The van der Waals surface area contributed by atoms with E-state index in [-0.39, 0.29) is 87.6 Å². The van der Waals surface area contributed by atoms with Crippen molar-refractivity contribution in [1.29, 1.82) is 0 Å². The van der Waals surface area contributed by atoms with Gasteiger partial charge in [0.1, 0.15) is 17.2 Å². The summed E-state index contributed by atoms with van der Waals surface area (Å²) in [7, 11) is 1.38. The van der Waals surface area contributed by atoms with Crippen molar-refractivity contribution >= 4 is 35.0 Å². The van der Waals surface area contributed by atoms with Crippen LogP contribution >= 0.6 is 0 Å². The largest absolute Gasteiger partial charge is 0.507 e. The molecule has 0 bridgehead atoms. The van der Waals surface area contributed by atoms with Crippen LogP contribution in [0.3, 0.4) is 0 Å². The van der Waals surface area contributed by atoms with Crippen LogP contribution in [0.25, 0.3) is 0 Å². The summed E-state index contributed by atoms with van der Waals surface area (Å²) in [6.07, 6.45) is 5.79. The number of aromatic hydroxyl groups is 2. The quantitative estimate of drug-likeness (QED) is 0.134. The van der Waals surface area contributed by atoms with Crippen molar-refractivity contribution in [3.8, 4) is 17.2 Å². The Morgan fingerprint density at radius 3 is 2.24 bits per heavy atom. The minimum atomic E-state index is -0.612. The number of phenols is 2. The van der Waals surface area contributed by atoms with E-state index >= 15 is 0 Å². The maximum atomic E-state index is 13.5. The molecule has 0 saturated heterocycles. The van der Waals surface area contributed by atoms with Crippen molar-refractivity contribution < 1.29 is 44.0 Å². The maximum absolute atomic E-state index is 13.5. The molecule has 2 aromatic rings. The Labute approximate surface area is 258 Å². The number of aliphatic hydroxyl groups excluding tert-OH is 1. The van der Waals surface area contributed by atoms with E-state index in [1.165, 1.54) is 30.2 Å². The van der Waals surface area contributed by atoms with E-state index in [0.717, 1.165) is 0 Å². The van der Waals surface area contributed by atoms with Gasteiger partial charge in [0.05, 0.1) is 36.1 Å². The van der Waals surface area contributed by atoms with Crippen molar-refractivity contribution in [2.75, 3.05) is 20.3 Å². The molecular weight excluding hydrogens is 582 g/mol. The molecule has 1 heterocycles. The van der Waals surface area contributed by atoms with Gasteiger partial charge in [0.25, 0.3) is 11.8 Å². The fraction of sp³-hybridized carbons (Fsp3) is 0.394. The summed E-state index contributed by atoms with van der Waals surface area (Å²) in [5.74, 6) is -3.29. The lowest BCUT2D eigenvalue weighted by atomic mass is 9.74. The average molecular weight is 616 g/mol. The standard InChI is InChI=1S/C33H33N3O9/c1-45-23-4-2-3-20-26(23)32(43)28-27(30(20)41)31(42)21-13-18(9-10-19(21)29(28)40)22(15-37)34-35-33(44)17-7-5-16(6-8-17)14-36-24(38)11-12-25(36)39/h2-4,11-12,16-18,37,40,42H,5-10,13-15H2,1H3,(H,35,44)/b34-22+. The Hall–Kier alpha value is -4.84. The highest BCUT2D eigenvalue weighted by Gasteiger charge is 2.41. The molecule has 1 fully saturated rings. The monoisotopic (exact) mass is 615 g/mol. The highest BCUT2D eigenvalue weighted by molar-refractivity contribution is 6.31. The average Bonchev–Trinajstić information content (AvgIpc) is 3.37. The number of amides is 3. The number of nitrogens with zero attached hydrogens (tertiary/aromatic N) is 2. The first-order valence-corrected chi connectivity index (χ1v) is 15.0. The molecule has 234 valence electrons. The highest BCUT2D eigenvalue weighted by atomic mass is 16.5. The smallest absolute Gasteiger partial charge is 0.253 e. The second-order valence-corrected chi connectivity index (χ2v) is 12.0. The van der Waals surface area contributed by atoms with E-state index in [2.05, 4.69) is 10.5 Å². The molecule has 4 aliphatic rings. The molecule has 45 heavy (non-hydrogen) atoms. The number of nitrogens with one attached hydrogen (secondary N) is 1. The topological polar surface area (TPSA) is 183 Å². The maximum Gasteiger partial charge on any atom is 0.253 e. The van der Waals surface area contributed by atoms with Crippen molar-refractivity contribution in [2.45, 2.75) is 44.9 Å². The van der Waals surface area contributed by atoms with Gasteiger partial charge < -0.3 is 20.1 Å². The van der Waals surface area contributed by atoms with Gasteiger partial charge in [-0.05, 0) is 56.9 Å². The Kier molecular flexibility index (Phi) is 8.00. The molecule has 0 spiro atoms. The van der Waals surface area contributed by atoms with Gasteiger partial charge >= 0.3 is 0 Å². The first kappa shape index (κ1) is 30.2. The van der Waals surface area contributed by atoms with E-state index < -0.39 is 24.1 Å². The van der Waals surface area contributed by atoms with Gasteiger partial charge in [-0.3, -0.25) is 28.9 Å². The lowest BCUT2D eigenvalue weighted by Crippen LogP contribution is -2.38. The number of methoxy groups -OCH3 is 1. The Bertz CT molecular complexity index is 1680. The minimum absolute atomic E-state index is 0.0360. The van der Waals surface area contributed by atoms with Gasteiger partial charge in [-0.25, -0.2) is 5.43 Å². The van der Waals surface area contributed by atoms with Gasteiger partial charge in [0.2, 0.25) is 11.7 Å². The first-order valence-electron chi connectivity index (χ1n) is 15.0. The lowest BCUT2D eigenvalue weighted by molar-refractivity contribution is -0.138. The molecule has 1 unspecified atom stereocenters. The number of carbonyl (C=O) groups excluding carboxylic acids is 5. The summed E-state index contributed by atoms with van der Waals surface area (Å²) in [5, 5.41) is 36.9. The molecule has 12 nitrogen and oxygen atoms in total. The predicted molar refractivity (Wildman–Crippen MR) is 159 cm³/mol. The Balaban J connectivity index is 1.15. The first-order chi connectivity index (χ1) is 21.6. The van der Waals surface area contributed by atoms with Crippen molar-refractivity contribution in [2.24, 2.45) is 22.9 Å². The zero-order chi connectivity index (χ0) is 32.0. The molecule has 6 rings (SSSR count). The SMILES string of the molecule is COc1cccc2c1C(=O)c1c(O)c3c(c(O)c1C2=O)CC(/C(CO)=N/NC(=O)C1CCC(CN2C(=O)C=CC2=O)CC1)CC3. The second-order valence-electron chi connectivity index (χ2n) is 12.0. The molecule has 0 aromatic heterocycles. The van der Waals surface area contributed by atoms with Crippen LogP contribution in [0.4, 0.5) is 0 Å². The van der Waals surface area contributed by atoms with Crippen molar-refractivity contribution in [1.82, 2.24) is 10.3 Å². The fourth-order valence-electron chi connectivity index (χ4n) is 7.04. The van der Waals surface area contributed by atoms with Gasteiger partial charge in [-0.2, -0.15) is 5.10 Å². The van der Waals surface area contributed by atoms with Gasteiger partial charge in [-0.1, -0.05) is 12.1 Å². The molecule has 0 radical (unpaired) electrons. The highest BCUT2D eigenvalue weighted by Crippen LogP contribution is 2.47.